The van der Waals surface area contributed by atoms with Gasteiger partial charge in [0.25, 0.3) is 5.91 Å². The van der Waals surface area contributed by atoms with Crippen molar-refractivity contribution in [3.63, 3.8) is 0 Å². The molecule has 3 aromatic rings. The van der Waals surface area contributed by atoms with Crippen LogP contribution in [0, 0.1) is 0 Å². The molecule has 3 aromatic carbocycles. The van der Waals surface area contributed by atoms with Gasteiger partial charge in [-0.1, -0.05) is 42.5 Å². The molecule has 5 heteroatoms. The Kier molecular flexibility index (Phi) is 5.04. The van der Waals surface area contributed by atoms with E-state index in [2.05, 4.69) is 0 Å². The second kappa shape index (κ2) is 7.80. The number of ether oxygens (including phenoxy) is 1. The number of rotatable bonds is 4. The van der Waals surface area contributed by atoms with Crippen LogP contribution < -0.4 is 14.5 Å². The molecule has 1 aliphatic rings. The molecule has 1 aliphatic heterocycles. The molecule has 29 heavy (non-hydrogen) atoms. The molecule has 0 radical (unpaired) electrons. The standard InChI is InChI=1S/C24H22N2O3/c1-17-23(27)25(16-18-9-8-12-20(15-18)29-2)21-13-6-7-14-22(21)26(17)24(28)19-10-4-3-5-11-19/h3-15,17H,16H2,1-2H3/t17-/m1/s1. The molecular weight excluding hydrogens is 364 g/mol. The molecule has 146 valence electrons. The maximum atomic E-state index is 13.3. The van der Waals surface area contributed by atoms with Crippen molar-refractivity contribution in [1.29, 1.82) is 0 Å². The molecule has 0 unspecified atom stereocenters. The highest BCUT2D eigenvalue weighted by Gasteiger charge is 2.38. The van der Waals surface area contributed by atoms with Gasteiger partial charge in [-0.2, -0.15) is 0 Å². The van der Waals surface area contributed by atoms with E-state index in [0.717, 1.165) is 22.7 Å². The molecule has 0 spiro atoms. The van der Waals surface area contributed by atoms with Gasteiger partial charge in [-0.15, -0.1) is 0 Å². The first-order valence-electron chi connectivity index (χ1n) is 9.52. The van der Waals surface area contributed by atoms with Crippen molar-refractivity contribution < 1.29 is 14.3 Å². The van der Waals surface area contributed by atoms with E-state index in [1.807, 2.05) is 66.7 Å². The van der Waals surface area contributed by atoms with Gasteiger partial charge in [-0.3, -0.25) is 14.5 Å². The van der Waals surface area contributed by atoms with Crippen LogP contribution in [0.25, 0.3) is 0 Å². The number of hydrogen-bond donors (Lipinski definition) is 0. The molecule has 0 fully saturated rings. The number of para-hydroxylation sites is 2. The molecule has 2 amide bonds. The van der Waals surface area contributed by atoms with Gasteiger partial charge < -0.3 is 9.64 Å². The first-order chi connectivity index (χ1) is 14.1. The minimum Gasteiger partial charge on any atom is -0.497 e. The summed E-state index contributed by atoms with van der Waals surface area (Å²) in [5.74, 6) is 0.449. The number of methoxy groups -OCH3 is 1. The zero-order valence-electron chi connectivity index (χ0n) is 16.4. The van der Waals surface area contributed by atoms with Crippen LogP contribution >= 0.6 is 0 Å². The summed E-state index contributed by atoms with van der Waals surface area (Å²) in [5.41, 5.74) is 2.98. The third kappa shape index (κ3) is 3.47. The highest BCUT2D eigenvalue weighted by molar-refractivity contribution is 6.17. The lowest BCUT2D eigenvalue weighted by Gasteiger charge is -2.40. The average Bonchev–Trinajstić information content (AvgIpc) is 2.77. The number of amides is 2. The van der Waals surface area contributed by atoms with Crippen LogP contribution in [0.4, 0.5) is 11.4 Å². The second-order valence-electron chi connectivity index (χ2n) is 6.98. The quantitative estimate of drug-likeness (QED) is 0.673. The number of anilines is 2. The van der Waals surface area contributed by atoms with E-state index in [4.69, 9.17) is 4.74 Å². The lowest BCUT2D eigenvalue weighted by Crippen LogP contribution is -2.54. The van der Waals surface area contributed by atoms with Crippen molar-refractivity contribution in [2.24, 2.45) is 0 Å². The Morgan fingerprint density at radius 3 is 2.34 bits per heavy atom. The van der Waals surface area contributed by atoms with Crippen LogP contribution in [0.2, 0.25) is 0 Å². The van der Waals surface area contributed by atoms with Gasteiger partial charge >= 0.3 is 0 Å². The van der Waals surface area contributed by atoms with Gasteiger partial charge in [-0.25, -0.2) is 0 Å². The van der Waals surface area contributed by atoms with E-state index in [1.54, 1.807) is 36.0 Å². The number of benzene rings is 3. The van der Waals surface area contributed by atoms with E-state index >= 15 is 0 Å². The normalized spacial score (nSPS) is 15.8. The van der Waals surface area contributed by atoms with Gasteiger partial charge in [-0.05, 0) is 48.9 Å². The summed E-state index contributed by atoms with van der Waals surface area (Å²) >= 11 is 0. The minimum atomic E-state index is -0.608. The third-order valence-corrected chi connectivity index (χ3v) is 5.16. The fourth-order valence-electron chi connectivity index (χ4n) is 3.68. The monoisotopic (exact) mass is 386 g/mol. The fourth-order valence-corrected chi connectivity index (χ4v) is 3.68. The van der Waals surface area contributed by atoms with Gasteiger partial charge in [0.2, 0.25) is 5.91 Å². The van der Waals surface area contributed by atoms with Crippen LogP contribution in [0.15, 0.2) is 78.9 Å². The van der Waals surface area contributed by atoms with Gasteiger partial charge in [0.15, 0.2) is 0 Å². The molecule has 0 bridgehead atoms. The van der Waals surface area contributed by atoms with Gasteiger partial charge in [0, 0.05) is 5.56 Å². The lowest BCUT2D eigenvalue weighted by molar-refractivity contribution is -0.119. The summed E-state index contributed by atoms with van der Waals surface area (Å²) in [7, 11) is 1.62. The Morgan fingerprint density at radius 1 is 0.931 bits per heavy atom. The van der Waals surface area contributed by atoms with E-state index in [-0.39, 0.29) is 11.8 Å². The molecule has 0 aliphatic carbocycles. The lowest BCUT2D eigenvalue weighted by atomic mass is 10.0. The van der Waals surface area contributed by atoms with Crippen molar-refractivity contribution in [3.05, 3.63) is 90.0 Å². The van der Waals surface area contributed by atoms with Crippen LogP contribution in [0.1, 0.15) is 22.8 Å². The van der Waals surface area contributed by atoms with Crippen LogP contribution in [-0.4, -0.2) is 25.0 Å². The maximum absolute atomic E-state index is 13.3. The third-order valence-electron chi connectivity index (χ3n) is 5.16. The number of nitrogens with zero attached hydrogens (tertiary/aromatic N) is 2. The number of carbonyl (C=O) groups excluding carboxylic acids is 2. The summed E-state index contributed by atoms with van der Waals surface area (Å²) < 4.78 is 5.30. The summed E-state index contributed by atoms with van der Waals surface area (Å²) in [6, 6.07) is 23.6. The highest BCUT2D eigenvalue weighted by Crippen LogP contribution is 2.38. The summed E-state index contributed by atoms with van der Waals surface area (Å²) in [6.45, 7) is 2.18. The van der Waals surface area contributed by atoms with Crippen molar-refractivity contribution in [2.45, 2.75) is 19.5 Å². The molecule has 5 nitrogen and oxygen atoms in total. The Morgan fingerprint density at radius 2 is 1.62 bits per heavy atom. The Bertz CT molecular complexity index is 1050. The average molecular weight is 386 g/mol. The SMILES string of the molecule is COc1cccc(CN2C(=O)[C@@H](C)N(C(=O)c3ccccc3)c3ccccc32)c1. The summed E-state index contributed by atoms with van der Waals surface area (Å²) in [6.07, 6.45) is 0. The predicted octanol–water partition coefficient (Wildman–Crippen LogP) is 4.28. The van der Waals surface area contributed by atoms with E-state index < -0.39 is 6.04 Å². The molecule has 0 aromatic heterocycles. The van der Waals surface area contributed by atoms with Crippen molar-refractivity contribution in [1.82, 2.24) is 0 Å². The predicted molar refractivity (Wildman–Crippen MR) is 113 cm³/mol. The van der Waals surface area contributed by atoms with Crippen LogP contribution in [0.5, 0.6) is 5.75 Å². The Balaban J connectivity index is 1.74. The van der Waals surface area contributed by atoms with Crippen molar-refractivity contribution >= 4 is 23.2 Å². The van der Waals surface area contributed by atoms with E-state index in [1.165, 1.54) is 0 Å². The second-order valence-corrected chi connectivity index (χ2v) is 6.98. The highest BCUT2D eigenvalue weighted by atomic mass is 16.5. The number of carbonyl (C=O) groups is 2. The molecular formula is C24H22N2O3. The number of hydrogen-bond acceptors (Lipinski definition) is 3. The topological polar surface area (TPSA) is 49.9 Å². The first-order valence-corrected chi connectivity index (χ1v) is 9.52. The summed E-state index contributed by atoms with van der Waals surface area (Å²) in [4.78, 5) is 29.8. The first kappa shape index (κ1) is 18.7. The maximum Gasteiger partial charge on any atom is 0.259 e. The van der Waals surface area contributed by atoms with Crippen molar-refractivity contribution in [2.75, 3.05) is 16.9 Å². The smallest absolute Gasteiger partial charge is 0.259 e. The Hall–Kier alpha value is -3.60. The van der Waals surface area contributed by atoms with Gasteiger partial charge in [0.1, 0.15) is 11.8 Å². The molecule has 1 heterocycles. The van der Waals surface area contributed by atoms with Gasteiger partial charge in [0.05, 0.1) is 25.0 Å². The zero-order chi connectivity index (χ0) is 20.4. The zero-order valence-corrected chi connectivity index (χ0v) is 16.4. The van der Waals surface area contributed by atoms with E-state index in [9.17, 15) is 9.59 Å². The fraction of sp³-hybridized carbons (Fsp3) is 0.167. The van der Waals surface area contributed by atoms with Crippen LogP contribution in [-0.2, 0) is 11.3 Å². The summed E-state index contributed by atoms with van der Waals surface area (Å²) in [5, 5.41) is 0. The molecule has 0 saturated carbocycles. The van der Waals surface area contributed by atoms with Crippen molar-refractivity contribution in [3.8, 4) is 5.75 Å². The largest absolute Gasteiger partial charge is 0.497 e. The molecule has 1 atom stereocenters. The molecule has 4 rings (SSSR count). The van der Waals surface area contributed by atoms with Crippen LogP contribution in [0.3, 0.4) is 0 Å². The van der Waals surface area contributed by atoms with E-state index in [0.29, 0.717) is 12.1 Å². The molecule has 0 N–H and O–H groups in total. The minimum absolute atomic E-state index is 0.115. The Labute approximate surface area is 170 Å². The molecule has 0 saturated heterocycles. The number of fused-ring (bicyclic) bond motifs is 1.